The summed E-state index contributed by atoms with van der Waals surface area (Å²) in [6, 6.07) is 14.1. The van der Waals surface area contributed by atoms with Crippen LogP contribution in [0.25, 0.3) is 10.9 Å². The SMILES string of the molecule is N#Cc1csc(CNc2cccc3ncccc23)c1. The van der Waals surface area contributed by atoms with Gasteiger partial charge in [0.15, 0.2) is 0 Å². The second-order valence-electron chi connectivity index (χ2n) is 4.14. The number of thiophene rings is 1. The summed E-state index contributed by atoms with van der Waals surface area (Å²) in [4.78, 5) is 5.48. The predicted molar refractivity (Wildman–Crippen MR) is 78.1 cm³/mol. The van der Waals surface area contributed by atoms with Gasteiger partial charge in [-0.25, -0.2) is 0 Å². The van der Waals surface area contributed by atoms with E-state index < -0.39 is 0 Å². The number of nitrogens with zero attached hydrogens (tertiary/aromatic N) is 2. The number of hydrogen-bond acceptors (Lipinski definition) is 4. The van der Waals surface area contributed by atoms with E-state index in [1.54, 1.807) is 17.5 Å². The zero-order valence-electron chi connectivity index (χ0n) is 10.1. The second-order valence-corrected chi connectivity index (χ2v) is 5.14. The highest BCUT2D eigenvalue weighted by Crippen LogP contribution is 2.23. The first-order valence-electron chi connectivity index (χ1n) is 5.92. The summed E-state index contributed by atoms with van der Waals surface area (Å²) in [6.45, 7) is 0.723. The van der Waals surface area contributed by atoms with Gasteiger partial charge in [-0.2, -0.15) is 5.26 Å². The molecule has 92 valence electrons. The smallest absolute Gasteiger partial charge is 0.100 e. The van der Waals surface area contributed by atoms with Crippen molar-refractivity contribution < 1.29 is 0 Å². The lowest BCUT2D eigenvalue weighted by molar-refractivity contribution is 1.20. The molecule has 0 saturated carbocycles. The number of nitrogens with one attached hydrogen (secondary N) is 1. The molecular formula is C15H11N3S. The number of benzene rings is 1. The van der Waals surface area contributed by atoms with Gasteiger partial charge in [0.2, 0.25) is 0 Å². The van der Waals surface area contributed by atoms with Crippen LogP contribution in [0.5, 0.6) is 0 Å². The van der Waals surface area contributed by atoms with Crippen molar-refractivity contribution in [1.29, 1.82) is 5.26 Å². The first kappa shape index (κ1) is 11.7. The Bertz CT molecular complexity index is 750. The minimum atomic E-state index is 0.723. The van der Waals surface area contributed by atoms with Gasteiger partial charge in [0.05, 0.1) is 11.1 Å². The molecule has 2 aromatic heterocycles. The highest BCUT2D eigenvalue weighted by molar-refractivity contribution is 7.10. The van der Waals surface area contributed by atoms with Crippen molar-refractivity contribution in [2.75, 3.05) is 5.32 Å². The number of hydrogen-bond donors (Lipinski definition) is 1. The molecule has 0 radical (unpaired) electrons. The highest BCUT2D eigenvalue weighted by Gasteiger charge is 2.02. The fraction of sp³-hybridized carbons (Fsp3) is 0.0667. The third-order valence-electron chi connectivity index (χ3n) is 2.88. The van der Waals surface area contributed by atoms with Crippen molar-refractivity contribution in [2.24, 2.45) is 0 Å². The van der Waals surface area contributed by atoms with Crippen LogP contribution in [0.3, 0.4) is 0 Å². The predicted octanol–water partition coefficient (Wildman–Crippen LogP) is 3.78. The zero-order chi connectivity index (χ0) is 13.1. The molecule has 1 N–H and O–H groups in total. The quantitative estimate of drug-likeness (QED) is 0.784. The van der Waals surface area contributed by atoms with Gasteiger partial charge in [-0.15, -0.1) is 11.3 Å². The van der Waals surface area contributed by atoms with Crippen molar-refractivity contribution >= 4 is 27.9 Å². The molecule has 0 spiro atoms. The third kappa shape index (κ3) is 2.42. The summed E-state index contributed by atoms with van der Waals surface area (Å²) in [7, 11) is 0. The Morgan fingerprint density at radius 1 is 1.26 bits per heavy atom. The second kappa shape index (κ2) is 5.09. The molecule has 0 aliphatic carbocycles. The van der Waals surface area contributed by atoms with E-state index in [2.05, 4.69) is 22.4 Å². The molecule has 0 saturated heterocycles. The number of rotatable bonds is 3. The van der Waals surface area contributed by atoms with Gasteiger partial charge in [0, 0.05) is 34.1 Å². The molecule has 0 atom stereocenters. The Balaban J connectivity index is 1.84. The molecule has 0 bridgehead atoms. The van der Waals surface area contributed by atoms with Crippen LogP contribution in [-0.4, -0.2) is 4.98 Å². The maximum Gasteiger partial charge on any atom is 0.100 e. The lowest BCUT2D eigenvalue weighted by atomic mass is 10.2. The summed E-state index contributed by atoms with van der Waals surface area (Å²) >= 11 is 1.60. The maximum atomic E-state index is 8.81. The van der Waals surface area contributed by atoms with Gasteiger partial charge in [-0.3, -0.25) is 4.98 Å². The molecule has 0 amide bonds. The number of aromatic nitrogens is 1. The van der Waals surface area contributed by atoms with Crippen LogP contribution < -0.4 is 5.32 Å². The Morgan fingerprint density at radius 3 is 3.05 bits per heavy atom. The molecular weight excluding hydrogens is 254 g/mol. The molecule has 0 fully saturated rings. The average molecular weight is 265 g/mol. The minimum Gasteiger partial charge on any atom is -0.380 e. The van der Waals surface area contributed by atoms with Gasteiger partial charge in [0.1, 0.15) is 6.07 Å². The first-order chi connectivity index (χ1) is 9.36. The van der Waals surface area contributed by atoms with Crippen molar-refractivity contribution in [3.05, 3.63) is 58.4 Å². The molecule has 4 heteroatoms. The largest absolute Gasteiger partial charge is 0.380 e. The molecule has 0 unspecified atom stereocenters. The molecule has 3 aromatic rings. The van der Waals surface area contributed by atoms with Gasteiger partial charge in [-0.1, -0.05) is 6.07 Å². The van der Waals surface area contributed by atoms with Crippen LogP contribution in [0.2, 0.25) is 0 Å². The molecule has 1 aromatic carbocycles. The first-order valence-corrected chi connectivity index (χ1v) is 6.80. The summed E-state index contributed by atoms with van der Waals surface area (Å²) < 4.78 is 0. The van der Waals surface area contributed by atoms with E-state index in [0.717, 1.165) is 33.6 Å². The highest BCUT2D eigenvalue weighted by atomic mass is 32.1. The fourth-order valence-corrected chi connectivity index (χ4v) is 2.72. The van der Waals surface area contributed by atoms with Crippen LogP contribution in [-0.2, 0) is 6.54 Å². The Labute approximate surface area is 115 Å². The number of nitriles is 1. The maximum absolute atomic E-state index is 8.81. The van der Waals surface area contributed by atoms with E-state index in [4.69, 9.17) is 5.26 Å². The summed E-state index contributed by atoms with van der Waals surface area (Å²) in [6.07, 6.45) is 1.80. The van der Waals surface area contributed by atoms with Crippen LogP contribution in [0, 0.1) is 11.3 Å². The monoisotopic (exact) mass is 265 g/mol. The van der Waals surface area contributed by atoms with Crippen LogP contribution >= 0.6 is 11.3 Å². The van der Waals surface area contributed by atoms with Gasteiger partial charge in [-0.05, 0) is 30.3 Å². The molecule has 0 aliphatic heterocycles. The lowest BCUT2D eigenvalue weighted by Crippen LogP contribution is -1.98. The Kier molecular flexibility index (Phi) is 3.13. The Hall–Kier alpha value is -2.38. The van der Waals surface area contributed by atoms with Gasteiger partial charge in [0.25, 0.3) is 0 Å². The van der Waals surface area contributed by atoms with E-state index >= 15 is 0 Å². The van der Waals surface area contributed by atoms with E-state index in [-0.39, 0.29) is 0 Å². The van der Waals surface area contributed by atoms with Crippen molar-refractivity contribution in [3.63, 3.8) is 0 Å². The molecule has 3 rings (SSSR count). The lowest BCUT2D eigenvalue weighted by Gasteiger charge is -2.08. The minimum absolute atomic E-state index is 0.723. The standard InChI is InChI=1S/C15H11N3S/c16-8-11-7-12(19-10-11)9-18-15-5-1-4-14-13(15)3-2-6-17-14/h1-7,10,18H,9H2. The summed E-state index contributed by atoms with van der Waals surface area (Å²) in [5.41, 5.74) is 2.77. The fourth-order valence-electron chi connectivity index (χ4n) is 1.97. The molecule has 0 aliphatic rings. The van der Waals surface area contributed by atoms with Gasteiger partial charge >= 0.3 is 0 Å². The van der Waals surface area contributed by atoms with Crippen molar-refractivity contribution in [2.45, 2.75) is 6.54 Å². The number of fused-ring (bicyclic) bond motifs is 1. The number of anilines is 1. The average Bonchev–Trinajstić information content (AvgIpc) is 2.93. The topological polar surface area (TPSA) is 48.7 Å². The van der Waals surface area contributed by atoms with Crippen LogP contribution in [0.1, 0.15) is 10.4 Å². The van der Waals surface area contributed by atoms with E-state index in [1.807, 2.05) is 35.7 Å². The van der Waals surface area contributed by atoms with E-state index in [9.17, 15) is 0 Å². The van der Waals surface area contributed by atoms with E-state index in [0.29, 0.717) is 0 Å². The Morgan fingerprint density at radius 2 is 2.21 bits per heavy atom. The molecule has 19 heavy (non-hydrogen) atoms. The zero-order valence-corrected chi connectivity index (χ0v) is 10.9. The summed E-state index contributed by atoms with van der Waals surface area (Å²) in [5, 5.41) is 15.2. The van der Waals surface area contributed by atoms with Gasteiger partial charge < -0.3 is 5.32 Å². The van der Waals surface area contributed by atoms with Crippen molar-refractivity contribution in [3.8, 4) is 6.07 Å². The summed E-state index contributed by atoms with van der Waals surface area (Å²) in [5.74, 6) is 0. The van der Waals surface area contributed by atoms with Crippen LogP contribution in [0.15, 0.2) is 48.0 Å². The molecule has 3 nitrogen and oxygen atoms in total. The third-order valence-corrected chi connectivity index (χ3v) is 3.82. The molecule has 2 heterocycles. The number of pyridine rings is 1. The van der Waals surface area contributed by atoms with Crippen molar-refractivity contribution in [1.82, 2.24) is 4.98 Å². The normalized spacial score (nSPS) is 10.3. The van der Waals surface area contributed by atoms with E-state index in [1.165, 1.54) is 0 Å². The van der Waals surface area contributed by atoms with Crippen LogP contribution in [0.4, 0.5) is 5.69 Å².